The molecule has 0 unspecified atom stereocenters. The van der Waals surface area contributed by atoms with Gasteiger partial charge in [-0.2, -0.15) is 0 Å². The first-order valence-corrected chi connectivity index (χ1v) is 9.97. The average Bonchev–Trinajstić information content (AvgIpc) is 2.76. The highest BCUT2D eigenvalue weighted by Gasteiger charge is 2.12. The fraction of sp³-hybridized carbons (Fsp3) is 0.143. The van der Waals surface area contributed by atoms with E-state index >= 15 is 0 Å². The number of pyridine rings is 2. The Kier molecular flexibility index (Phi) is 7.18. The molecule has 148 valence electrons. The van der Waals surface area contributed by atoms with Crippen molar-refractivity contribution < 1.29 is 14.3 Å². The normalized spacial score (nSPS) is 10.2. The number of amides is 2. The number of nitrogens with zero attached hydrogens (tertiary/aromatic N) is 2. The molecule has 0 saturated carbocycles. The lowest BCUT2D eigenvalue weighted by atomic mass is 10.2. The van der Waals surface area contributed by atoms with Crippen LogP contribution in [0.1, 0.15) is 15.9 Å². The highest BCUT2D eigenvalue weighted by Crippen LogP contribution is 2.28. The second-order valence-electron chi connectivity index (χ2n) is 6.01. The van der Waals surface area contributed by atoms with Gasteiger partial charge in [0.05, 0.1) is 24.1 Å². The third-order valence-corrected chi connectivity index (χ3v) is 4.89. The van der Waals surface area contributed by atoms with Gasteiger partial charge < -0.3 is 15.4 Å². The number of hydrogen-bond acceptors (Lipinski definition) is 6. The number of carbonyl (C=O) groups excluding carboxylic acids is 2. The molecule has 29 heavy (non-hydrogen) atoms. The smallest absolute Gasteiger partial charge is 0.257 e. The van der Waals surface area contributed by atoms with Crippen molar-refractivity contribution in [2.75, 3.05) is 23.5 Å². The van der Waals surface area contributed by atoms with Crippen molar-refractivity contribution in [3.05, 3.63) is 78.4 Å². The Hall–Kier alpha value is -3.39. The van der Waals surface area contributed by atoms with Gasteiger partial charge >= 0.3 is 0 Å². The summed E-state index contributed by atoms with van der Waals surface area (Å²) in [5.41, 5.74) is 2.61. The van der Waals surface area contributed by atoms with Crippen LogP contribution in [-0.2, 0) is 10.5 Å². The number of thioether (sulfide) groups is 1. The van der Waals surface area contributed by atoms with Crippen LogP contribution < -0.4 is 15.4 Å². The molecule has 3 aromatic rings. The molecule has 2 amide bonds. The second kappa shape index (κ2) is 10.2. The number of rotatable bonds is 8. The maximum absolute atomic E-state index is 12.3. The van der Waals surface area contributed by atoms with Crippen molar-refractivity contribution in [2.24, 2.45) is 0 Å². The van der Waals surface area contributed by atoms with E-state index < -0.39 is 0 Å². The third-order valence-electron chi connectivity index (χ3n) is 3.88. The zero-order chi connectivity index (χ0) is 20.5. The van der Waals surface area contributed by atoms with Crippen LogP contribution in [0.5, 0.6) is 5.75 Å². The standard InChI is InChI=1S/C21H20N4O3S/c1-28-19-10-17(24-20(26)14-29-13-15-4-2-8-22-11-15)6-7-18(19)25-21(27)16-5-3-9-23-12-16/h2-12H,13-14H2,1H3,(H,24,26)(H,25,27). The molecule has 0 aliphatic rings. The summed E-state index contributed by atoms with van der Waals surface area (Å²) in [6, 6.07) is 12.3. The molecule has 2 aromatic heterocycles. The van der Waals surface area contributed by atoms with Gasteiger partial charge in [0.25, 0.3) is 5.91 Å². The van der Waals surface area contributed by atoms with Crippen LogP contribution in [0.25, 0.3) is 0 Å². The molecule has 2 heterocycles. The van der Waals surface area contributed by atoms with E-state index in [9.17, 15) is 9.59 Å². The maximum Gasteiger partial charge on any atom is 0.257 e. The third kappa shape index (κ3) is 6.05. The summed E-state index contributed by atoms with van der Waals surface area (Å²) in [5.74, 6) is 1.07. The van der Waals surface area contributed by atoms with E-state index in [1.807, 2.05) is 12.1 Å². The Morgan fingerprint density at radius 2 is 1.83 bits per heavy atom. The quantitative estimate of drug-likeness (QED) is 0.591. The number of nitrogens with one attached hydrogen (secondary N) is 2. The van der Waals surface area contributed by atoms with Crippen LogP contribution in [0.3, 0.4) is 0 Å². The van der Waals surface area contributed by atoms with Crippen LogP contribution in [0.4, 0.5) is 11.4 Å². The van der Waals surface area contributed by atoms with Crippen LogP contribution in [-0.4, -0.2) is 34.6 Å². The van der Waals surface area contributed by atoms with Gasteiger partial charge in [0.15, 0.2) is 0 Å². The Balaban J connectivity index is 1.56. The predicted molar refractivity (Wildman–Crippen MR) is 114 cm³/mol. The summed E-state index contributed by atoms with van der Waals surface area (Å²) in [4.78, 5) is 32.5. The van der Waals surface area contributed by atoms with Crippen molar-refractivity contribution >= 4 is 35.0 Å². The molecule has 3 rings (SSSR count). The van der Waals surface area contributed by atoms with E-state index in [0.717, 1.165) is 5.56 Å². The summed E-state index contributed by atoms with van der Waals surface area (Å²) >= 11 is 1.51. The molecule has 0 aliphatic heterocycles. The zero-order valence-electron chi connectivity index (χ0n) is 15.8. The molecule has 0 bridgehead atoms. The van der Waals surface area contributed by atoms with Gasteiger partial charge in [0.1, 0.15) is 5.75 Å². The molecule has 7 nitrogen and oxygen atoms in total. The average molecular weight is 408 g/mol. The topological polar surface area (TPSA) is 93.2 Å². The number of methoxy groups -OCH3 is 1. The van der Waals surface area contributed by atoms with Gasteiger partial charge in [0, 0.05) is 42.3 Å². The first kappa shape index (κ1) is 20.3. The van der Waals surface area contributed by atoms with E-state index in [1.54, 1.807) is 48.9 Å². The fourth-order valence-electron chi connectivity index (χ4n) is 2.51. The monoisotopic (exact) mass is 408 g/mol. The number of ether oxygens (including phenoxy) is 1. The van der Waals surface area contributed by atoms with Gasteiger partial charge in [-0.05, 0) is 35.9 Å². The lowest BCUT2D eigenvalue weighted by Gasteiger charge is -2.12. The largest absolute Gasteiger partial charge is 0.494 e. The van der Waals surface area contributed by atoms with Crippen molar-refractivity contribution in [1.82, 2.24) is 9.97 Å². The lowest BCUT2D eigenvalue weighted by molar-refractivity contribution is -0.113. The molecule has 0 atom stereocenters. The van der Waals surface area contributed by atoms with E-state index in [2.05, 4.69) is 20.6 Å². The molecule has 0 saturated heterocycles. The molecular formula is C21H20N4O3S. The molecule has 0 fully saturated rings. The van der Waals surface area contributed by atoms with Gasteiger partial charge in [-0.25, -0.2) is 0 Å². The van der Waals surface area contributed by atoms with E-state index in [0.29, 0.717) is 34.2 Å². The SMILES string of the molecule is COc1cc(NC(=O)CSCc2cccnc2)ccc1NC(=O)c1cccnc1. The van der Waals surface area contributed by atoms with Crippen molar-refractivity contribution in [2.45, 2.75) is 5.75 Å². The van der Waals surface area contributed by atoms with Crippen LogP contribution in [0.2, 0.25) is 0 Å². The minimum absolute atomic E-state index is 0.118. The van der Waals surface area contributed by atoms with Crippen LogP contribution in [0.15, 0.2) is 67.3 Å². The van der Waals surface area contributed by atoms with E-state index in [-0.39, 0.29) is 11.8 Å². The zero-order valence-corrected chi connectivity index (χ0v) is 16.6. The minimum atomic E-state index is -0.292. The van der Waals surface area contributed by atoms with E-state index in [4.69, 9.17) is 4.74 Å². The number of benzene rings is 1. The van der Waals surface area contributed by atoms with Gasteiger partial charge in [-0.15, -0.1) is 11.8 Å². The molecule has 2 N–H and O–H groups in total. The minimum Gasteiger partial charge on any atom is -0.494 e. The number of anilines is 2. The van der Waals surface area contributed by atoms with E-state index in [1.165, 1.54) is 25.1 Å². The summed E-state index contributed by atoms with van der Waals surface area (Å²) in [5, 5.41) is 5.62. The maximum atomic E-state index is 12.3. The van der Waals surface area contributed by atoms with Crippen LogP contribution >= 0.6 is 11.8 Å². The Bertz CT molecular complexity index is 968. The van der Waals surface area contributed by atoms with Crippen molar-refractivity contribution in [3.63, 3.8) is 0 Å². The first-order chi connectivity index (χ1) is 14.2. The van der Waals surface area contributed by atoms with Gasteiger partial charge in [-0.3, -0.25) is 19.6 Å². The number of aromatic nitrogens is 2. The van der Waals surface area contributed by atoms with Gasteiger partial charge in [-0.1, -0.05) is 6.07 Å². The predicted octanol–water partition coefficient (Wildman–Crippen LogP) is 3.61. The molecule has 8 heteroatoms. The Morgan fingerprint density at radius 1 is 1.03 bits per heavy atom. The molecule has 1 aromatic carbocycles. The molecule has 0 aliphatic carbocycles. The number of carbonyl (C=O) groups is 2. The Morgan fingerprint density at radius 3 is 2.52 bits per heavy atom. The molecule has 0 radical (unpaired) electrons. The van der Waals surface area contributed by atoms with Gasteiger partial charge in [0.2, 0.25) is 5.91 Å². The summed E-state index contributed by atoms with van der Waals surface area (Å²) in [6.45, 7) is 0. The second-order valence-corrected chi connectivity index (χ2v) is 7.00. The fourth-order valence-corrected chi connectivity index (χ4v) is 3.27. The summed E-state index contributed by atoms with van der Waals surface area (Å²) in [7, 11) is 1.50. The highest BCUT2D eigenvalue weighted by molar-refractivity contribution is 7.99. The van der Waals surface area contributed by atoms with Crippen LogP contribution in [0, 0.1) is 0 Å². The summed E-state index contributed by atoms with van der Waals surface area (Å²) < 4.78 is 5.35. The van der Waals surface area contributed by atoms with Crippen molar-refractivity contribution in [3.8, 4) is 5.75 Å². The number of hydrogen-bond donors (Lipinski definition) is 2. The summed E-state index contributed by atoms with van der Waals surface area (Å²) in [6.07, 6.45) is 6.59. The van der Waals surface area contributed by atoms with Crippen molar-refractivity contribution in [1.29, 1.82) is 0 Å². The highest BCUT2D eigenvalue weighted by atomic mass is 32.2. The first-order valence-electron chi connectivity index (χ1n) is 8.81. The lowest BCUT2D eigenvalue weighted by Crippen LogP contribution is -2.15. The Labute approximate surface area is 172 Å². The molecular weight excluding hydrogens is 388 g/mol. The molecule has 0 spiro atoms.